The number of anilines is 1. The second-order valence-corrected chi connectivity index (χ2v) is 7.77. The maximum atomic E-state index is 13.6. The van der Waals surface area contributed by atoms with E-state index >= 15 is 0 Å². The number of hydrogen-bond donors (Lipinski definition) is 2. The molecular formula is C21H29FN4O4. The third kappa shape index (κ3) is 4.56. The number of rotatable bonds is 9. The summed E-state index contributed by atoms with van der Waals surface area (Å²) in [6, 6.07) is 4.75. The van der Waals surface area contributed by atoms with Gasteiger partial charge in [-0.05, 0) is 44.4 Å². The van der Waals surface area contributed by atoms with Crippen LogP contribution in [0.2, 0.25) is 0 Å². The molecule has 1 saturated heterocycles. The minimum atomic E-state index is -0.886. The summed E-state index contributed by atoms with van der Waals surface area (Å²) >= 11 is 0. The van der Waals surface area contributed by atoms with Crippen LogP contribution >= 0.6 is 0 Å². The van der Waals surface area contributed by atoms with Crippen LogP contribution in [0.3, 0.4) is 0 Å². The van der Waals surface area contributed by atoms with Gasteiger partial charge in [-0.1, -0.05) is 0 Å². The molecule has 1 aromatic carbocycles. The molecule has 1 aliphatic carbocycles. The highest BCUT2D eigenvalue weighted by molar-refractivity contribution is 5.94. The number of amides is 3. The molecule has 9 heteroatoms. The topological polar surface area (TPSA) is 91.0 Å². The number of nitrogens with one attached hydrogen (secondary N) is 2. The summed E-state index contributed by atoms with van der Waals surface area (Å²) in [6.45, 7) is 2.36. The largest absolute Gasteiger partial charge is 0.494 e. The lowest BCUT2D eigenvalue weighted by molar-refractivity contribution is -0.134. The molecule has 2 fully saturated rings. The Balaban J connectivity index is 1.56. The van der Waals surface area contributed by atoms with Crippen LogP contribution in [0, 0.1) is 11.7 Å². The van der Waals surface area contributed by atoms with Crippen molar-refractivity contribution in [2.24, 2.45) is 5.92 Å². The highest BCUT2D eigenvalue weighted by Crippen LogP contribution is 2.42. The summed E-state index contributed by atoms with van der Waals surface area (Å²) < 4.78 is 18.7. The molecule has 0 aromatic heterocycles. The van der Waals surface area contributed by atoms with Gasteiger partial charge in [-0.2, -0.15) is 0 Å². The zero-order chi connectivity index (χ0) is 21.7. The first-order valence-electron chi connectivity index (χ1n) is 10.2. The molecule has 1 saturated carbocycles. The zero-order valence-electron chi connectivity index (χ0n) is 17.4. The van der Waals surface area contributed by atoms with Crippen LogP contribution < -0.4 is 20.3 Å². The predicted octanol–water partition coefficient (Wildman–Crippen LogP) is 0.904. The fraction of sp³-hybridized carbons (Fsp3) is 0.571. The number of nitrogens with zero attached hydrogens (tertiary/aromatic N) is 2. The van der Waals surface area contributed by atoms with E-state index in [-0.39, 0.29) is 29.9 Å². The van der Waals surface area contributed by atoms with E-state index in [9.17, 15) is 18.8 Å². The van der Waals surface area contributed by atoms with Gasteiger partial charge in [0.25, 0.3) is 0 Å². The molecular weight excluding hydrogens is 391 g/mol. The number of carbonyl (C=O) groups excluding carboxylic acids is 3. The van der Waals surface area contributed by atoms with Gasteiger partial charge in [0.1, 0.15) is 5.54 Å². The van der Waals surface area contributed by atoms with E-state index in [1.165, 1.54) is 13.2 Å². The molecule has 8 nitrogen and oxygen atoms in total. The van der Waals surface area contributed by atoms with Crippen molar-refractivity contribution in [1.82, 2.24) is 15.5 Å². The molecule has 0 bridgehead atoms. The van der Waals surface area contributed by atoms with Gasteiger partial charge in [0.15, 0.2) is 11.6 Å². The second-order valence-electron chi connectivity index (χ2n) is 7.77. The molecule has 2 aliphatic rings. The van der Waals surface area contributed by atoms with Gasteiger partial charge < -0.3 is 19.9 Å². The molecule has 1 unspecified atom stereocenters. The predicted molar refractivity (Wildman–Crippen MR) is 110 cm³/mol. The highest BCUT2D eigenvalue weighted by atomic mass is 19.1. The van der Waals surface area contributed by atoms with Crippen LogP contribution in [0.1, 0.15) is 25.7 Å². The number of piperazine rings is 1. The van der Waals surface area contributed by atoms with Crippen molar-refractivity contribution in [3.05, 3.63) is 24.0 Å². The molecule has 1 atom stereocenters. The highest BCUT2D eigenvalue weighted by Gasteiger charge is 2.49. The summed E-state index contributed by atoms with van der Waals surface area (Å²) in [4.78, 5) is 39.9. The fourth-order valence-corrected chi connectivity index (χ4v) is 4.23. The average molecular weight is 420 g/mol. The minimum Gasteiger partial charge on any atom is -0.494 e. The van der Waals surface area contributed by atoms with Crippen molar-refractivity contribution in [3.8, 4) is 5.75 Å². The van der Waals surface area contributed by atoms with Crippen LogP contribution in [-0.4, -0.2) is 69.0 Å². The van der Waals surface area contributed by atoms with Gasteiger partial charge in [-0.3, -0.25) is 19.7 Å². The zero-order valence-corrected chi connectivity index (χ0v) is 17.4. The molecule has 3 rings (SSSR count). The van der Waals surface area contributed by atoms with E-state index in [1.54, 1.807) is 24.1 Å². The quantitative estimate of drug-likeness (QED) is 0.577. The normalized spacial score (nSPS) is 18.5. The minimum absolute atomic E-state index is 0.00878. The summed E-state index contributed by atoms with van der Waals surface area (Å²) in [5, 5.41) is 5.32. The van der Waals surface area contributed by atoms with Crippen molar-refractivity contribution in [3.63, 3.8) is 0 Å². The first-order valence-corrected chi connectivity index (χ1v) is 10.2. The summed E-state index contributed by atoms with van der Waals surface area (Å²) in [5.41, 5.74) is -0.0305. The number of hydrogen-bond acceptors (Lipinski definition) is 6. The first kappa shape index (κ1) is 22.0. The van der Waals surface area contributed by atoms with E-state index < -0.39 is 11.4 Å². The Labute approximate surface area is 175 Å². The van der Waals surface area contributed by atoms with E-state index in [0.29, 0.717) is 39.0 Å². The third-order valence-electron chi connectivity index (χ3n) is 6.18. The average Bonchev–Trinajstić information content (AvgIpc) is 3.61. The van der Waals surface area contributed by atoms with Crippen LogP contribution in [0.5, 0.6) is 5.75 Å². The standard InChI is InChI=1S/C21H29FN4O4/c1-23-21(15-3-4-15,20(29)24-14-27)8-7-19(28)26-11-9-25(10-12-26)16-5-6-17(22)18(13-16)30-2/h5-6,13-15,23H,3-4,7-12H2,1-2H3,(H,24,27,29). The monoisotopic (exact) mass is 420 g/mol. The maximum absolute atomic E-state index is 13.6. The Morgan fingerprint density at radius 1 is 1.27 bits per heavy atom. The number of carbonyl (C=O) groups is 3. The van der Waals surface area contributed by atoms with Gasteiger partial charge >= 0.3 is 0 Å². The number of likely N-dealkylation sites (N-methyl/N-ethyl adjacent to an activating group) is 1. The van der Waals surface area contributed by atoms with E-state index in [2.05, 4.69) is 15.5 Å². The van der Waals surface area contributed by atoms with Gasteiger partial charge in [-0.15, -0.1) is 0 Å². The lowest BCUT2D eigenvalue weighted by Gasteiger charge is -2.37. The van der Waals surface area contributed by atoms with Crippen molar-refractivity contribution in [1.29, 1.82) is 0 Å². The van der Waals surface area contributed by atoms with Crippen LogP contribution in [0.4, 0.5) is 10.1 Å². The molecule has 1 heterocycles. The Bertz CT molecular complexity index is 793. The van der Waals surface area contributed by atoms with E-state index in [0.717, 1.165) is 18.5 Å². The number of methoxy groups -OCH3 is 1. The van der Waals surface area contributed by atoms with Crippen LogP contribution in [0.25, 0.3) is 0 Å². The number of imide groups is 1. The molecule has 2 N–H and O–H groups in total. The Hall–Kier alpha value is -2.68. The Morgan fingerprint density at radius 3 is 2.53 bits per heavy atom. The lowest BCUT2D eigenvalue weighted by Crippen LogP contribution is -2.58. The maximum Gasteiger partial charge on any atom is 0.246 e. The Kier molecular flexibility index (Phi) is 6.91. The second kappa shape index (κ2) is 9.42. The summed E-state index contributed by atoms with van der Waals surface area (Å²) in [5.74, 6) is -0.447. The van der Waals surface area contributed by atoms with E-state index in [1.807, 2.05) is 0 Å². The van der Waals surface area contributed by atoms with Gasteiger partial charge in [0, 0.05) is 44.4 Å². The van der Waals surface area contributed by atoms with Crippen molar-refractivity contribution in [2.45, 2.75) is 31.2 Å². The fourth-order valence-electron chi connectivity index (χ4n) is 4.23. The molecule has 164 valence electrons. The molecule has 0 spiro atoms. The molecule has 1 aliphatic heterocycles. The smallest absolute Gasteiger partial charge is 0.246 e. The van der Waals surface area contributed by atoms with Gasteiger partial charge in [-0.25, -0.2) is 4.39 Å². The van der Waals surface area contributed by atoms with Crippen LogP contribution in [0.15, 0.2) is 18.2 Å². The molecule has 3 amide bonds. The first-order chi connectivity index (χ1) is 14.4. The lowest BCUT2D eigenvalue weighted by atomic mass is 9.86. The Morgan fingerprint density at radius 2 is 1.97 bits per heavy atom. The number of benzene rings is 1. The van der Waals surface area contributed by atoms with Gasteiger partial charge in [0.05, 0.1) is 7.11 Å². The molecule has 0 radical (unpaired) electrons. The number of halogens is 1. The van der Waals surface area contributed by atoms with Gasteiger partial charge in [0.2, 0.25) is 18.2 Å². The SMILES string of the molecule is CNC(CCC(=O)N1CCN(c2ccc(F)c(OC)c2)CC1)(C(=O)NC=O)C1CC1. The van der Waals surface area contributed by atoms with E-state index in [4.69, 9.17) is 4.74 Å². The summed E-state index contributed by atoms with van der Waals surface area (Å²) in [7, 11) is 3.13. The van der Waals surface area contributed by atoms with Crippen molar-refractivity contribution in [2.75, 3.05) is 45.2 Å². The molecule has 30 heavy (non-hydrogen) atoms. The summed E-state index contributed by atoms with van der Waals surface area (Å²) in [6.07, 6.45) is 2.78. The van der Waals surface area contributed by atoms with Crippen molar-refractivity contribution >= 4 is 23.9 Å². The third-order valence-corrected chi connectivity index (χ3v) is 6.18. The molecule has 1 aromatic rings. The van der Waals surface area contributed by atoms with Crippen molar-refractivity contribution < 1.29 is 23.5 Å². The van der Waals surface area contributed by atoms with Crippen LogP contribution in [-0.2, 0) is 14.4 Å². The number of ether oxygens (including phenoxy) is 1.